The van der Waals surface area contributed by atoms with Crippen LogP contribution in [0, 0.1) is 0 Å². The van der Waals surface area contributed by atoms with Gasteiger partial charge in [0.1, 0.15) is 12.4 Å². The molecule has 1 aliphatic heterocycles. The van der Waals surface area contributed by atoms with Crippen LogP contribution in [0.25, 0.3) is 0 Å². The van der Waals surface area contributed by atoms with Gasteiger partial charge in [-0.3, -0.25) is 0 Å². The maximum absolute atomic E-state index is 5.24. The lowest BCUT2D eigenvalue weighted by molar-refractivity contribution is 0.0719. The van der Waals surface area contributed by atoms with Gasteiger partial charge in [-0.1, -0.05) is 0 Å². The molecule has 0 atom stereocenters. The molecule has 0 saturated carbocycles. The van der Waals surface area contributed by atoms with Crippen LogP contribution in [0.5, 0.6) is 0 Å². The van der Waals surface area contributed by atoms with E-state index in [1.807, 2.05) is 0 Å². The van der Waals surface area contributed by atoms with Gasteiger partial charge in [-0.2, -0.15) is 5.48 Å². The Morgan fingerprint density at radius 2 is 2.54 bits per heavy atom. The van der Waals surface area contributed by atoms with Crippen molar-refractivity contribution in [3.63, 3.8) is 0 Å². The van der Waals surface area contributed by atoms with E-state index in [-0.39, 0.29) is 0 Å². The van der Waals surface area contributed by atoms with Gasteiger partial charge in [0.25, 0.3) is 0 Å². The largest absolute Gasteiger partial charge is 0.372 e. The zero-order valence-electron chi connectivity index (χ0n) is 7.49. The van der Waals surface area contributed by atoms with Crippen LogP contribution < -0.4 is 5.48 Å². The third-order valence-corrected chi connectivity index (χ3v) is 1.97. The van der Waals surface area contributed by atoms with Crippen molar-refractivity contribution < 1.29 is 9.57 Å². The average Bonchev–Trinajstić information content (AvgIpc) is 2.58. The van der Waals surface area contributed by atoms with Crippen molar-refractivity contribution in [1.29, 1.82) is 0 Å². The SMILES string of the molecule is CONCc1nnc2n1CCOC2. The summed E-state index contributed by atoms with van der Waals surface area (Å²) in [6.45, 7) is 2.68. The number of hydrogen-bond acceptors (Lipinski definition) is 5. The molecular weight excluding hydrogens is 172 g/mol. The minimum Gasteiger partial charge on any atom is -0.372 e. The molecule has 1 aliphatic rings. The molecule has 0 bridgehead atoms. The van der Waals surface area contributed by atoms with Gasteiger partial charge < -0.3 is 14.1 Å². The van der Waals surface area contributed by atoms with Gasteiger partial charge in [0.15, 0.2) is 5.82 Å². The molecule has 72 valence electrons. The first kappa shape index (κ1) is 8.61. The summed E-state index contributed by atoms with van der Waals surface area (Å²) < 4.78 is 7.29. The van der Waals surface area contributed by atoms with Gasteiger partial charge in [0, 0.05) is 6.54 Å². The van der Waals surface area contributed by atoms with Crippen LogP contribution in [-0.2, 0) is 29.3 Å². The van der Waals surface area contributed by atoms with Crippen molar-refractivity contribution in [3.8, 4) is 0 Å². The van der Waals surface area contributed by atoms with Crippen LogP contribution in [0.3, 0.4) is 0 Å². The second-order valence-corrected chi connectivity index (χ2v) is 2.76. The highest BCUT2D eigenvalue weighted by Crippen LogP contribution is 2.08. The number of nitrogens with zero attached hydrogens (tertiary/aromatic N) is 3. The Labute approximate surface area is 75.8 Å². The van der Waals surface area contributed by atoms with E-state index in [1.165, 1.54) is 0 Å². The minimum absolute atomic E-state index is 0.556. The Hall–Kier alpha value is -0.980. The molecule has 6 nitrogen and oxygen atoms in total. The molecular formula is C7H12N4O2. The summed E-state index contributed by atoms with van der Waals surface area (Å²) >= 11 is 0. The Morgan fingerprint density at radius 3 is 3.38 bits per heavy atom. The highest BCUT2D eigenvalue weighted by atomic mass is 16.6. The quantitative estimate of drug-likeness (QED) is 0.639. The van der Waals surface area contributed by atoms with E-state index >= 15 is 0 Å². The maximum atomic E-state index is 5.24. The van der Waals surface area contributed by atoms with Crippen LogP contribution in [0.1, 0.15) is 11.6 Å². The lowest BCUT2D eigenvalue weighted by Gasteiger charge is -2.15. The predicted octanol–water partition coefficient (Wildman–Crippen LogP) is -0.541. The summed E-state index contributed by atoms with van der Waals surface area (Å²) in [6.07, 6.45) is 0. The van der Waals surface area contributed by atoms with E-state index in [9.17, 15) is 0 Å². The molecule has 0 radical (unpaired) electrons. The van der Waals surface area contributed by atoms with Crippen LogP contribution in [-0.4, -0.2) is 28.5 Å². The minimum atomic E-state index is 0.556. The number of hydroxylamine groups is 1. The third kappa shape index (κ3) is 1.69. The van der Waals surface area contributed by atoms with Gasteiger partial charge in [0.2, 0.25) is 0 Å². The Morgan fingerprint density at radius 1 is 1.62 bits per heavy atom. The van der Waals surface area contributed by atoms with Crippen molar-refractivity contribution in [2.45, 2.75) is 19.7 Å². The molecule has 0 saturated heterocycles. The summed E-state index contributed by atoms with van der Waals surface area (Å²) in [5.41, 5.74) is 2.74. The topological polar surface area (TPSA) is 61.2 Å². The maximum Gasteiger partial charge on any atom is 0.159 e. The predicted molar refractivity (Wildman–Crippen MR) is 43.5 cm³/mol. The molecule has 0 aliphatic carbocycles. The van der Waals surface area contributed by atoms with E-state index in [2.05, 4.69) is 20.2 Å². The fraction of sp³-hybridized carbons (Fsp3) is 0.714. The average molecular weight is 184 g/mol. The van der Waals surface area contributed by atoms with E-state index in [4.69, 9.17) is 9.57 Å². The molecule has 0 unspecified atom stereocenters. The van der Waals surface area contributed by atoms with E-state index in [1.54, 1.807) is 7.11 Å². The summed E-state index contributed by atoms with van der Waals surface area (Å²) in [5.74, 6) is 1.78. The van der Waals surface area contributed by atoms with Crippen molar-refractivity contribution in [2.24, 2.45) is 0 Å². The first-order chi connectivity index (χ1) is 6.42. The standard InChI is InChI=1S/C7H12N4O2/c1-12-8-4-6-9-10-7-5-13-3-2-11(6)7/h8H,2-5H2,1H3. The Kier molecular flexibility index (Phi) is 2.53. The van der Waals surface area contributed by atoms with Gasteiger partial charge in [-0.15, -0.1) is 10.2 Å². The van der Waals surface area contributed by atoms with Crippen molar-refractivity contribution >= 4 is 0 Å². The first-order valence-electron chi connectivity index (χ1n) is 4.16. The number of nitrogens with one attached hydrogen (secondary N) is 1. The molecule has 6 heteroatoms. The lowest BCUT2D eigenvalue weighted by Crippen LogP contribution is -2.21. The van der Waals surface area contributed by atoms with E-state index in [0.29, 0.717) is 13.2 Å². The number of rotatable bonds is 3. The molecule has 0 amide bonds. The van der Waals surface area contributed by atoms with Crippen molar-refractivity contribution in [1.82, 2.24) is 20.2 Å². The zero-order valence-corrected chi connectivity index (χ0v) is 7.49. The summed E-state index contributed by atoms with van der Waals surface area (Å²) in [7, 11) is 1.58. The van der Waals surface area contributed by atoms with Gasteiger partial charge >= 0.3 is 0 Å². The monoisotopic (exact) mass is 184 g/mol. The summed E-state index contributed by atoms with van der Waals surface area (Å²) in [5, 5.41) is 8.03. The third-order valence-electron chi connectivity index (χ3n) is 1.97. The number of fused-ring (bicyclic) bond motifs is 1. The van der Waals surface area contributed by atoms with Crippen LogP contribution in [0.15, 0.2) is 0 Å². The fourth-order valence-corrected chi connectivity index (χ4v) is 1.32. The molecule has 0 aromatic carbocycles. The first-order valence-corrected chi connectivity index (χ1v) is 4.16. The van der Waals surface area contributed by atoms with Crippen molar-refractivity contribution in [2.75, 3.05) is 13.7 Å². The van der Waals surface area contributed by atoms with Gasteiger partial charge in [0.05, 0.1) is 20.3 Å². The number of aromatic nitrogens is 3. The molecule has 13 heavy (non-hydrogen) atoms. The zero-order chi connectivity index (χ0) is 9.10. The van der Waals surface area contributed by atoms with Crippen LogP contribution >= 0.6 is 0 Å². The summed E-state index contributed by atoms with van der Waals surface area (Å²) in [6, 6.07) is 0. The Balaban J connectivity index is 2.12. The molecule has 0 spiro atoms. The molecule has 1 N–H and O–H groups in total. The second kappa shape index (κ2) is 3.82. The van der Waals surface area contributed by atoms with E-state index in [0.717, 1.165) is 24.8 Å². The summed E-state index contributed by atoms with van der Waals surface area (Å²) in [4.78, 5) is 4.74. The highest BCUT2D eigenvalue weighted by molar-refractivity contribution is 4.96. The molecule has 1 aromatic heterocycles. The second-order valence-electron chi connectivity index (χ2n) is 2.76. The molecule has 2 heterocycles. The fourth-order valence-electron chi connectivity index (χ4n) is 1.32. The van der Waals surface area contributed by atoms with Gasteiger partial charge in [-0.25, -0.2) is 0 Å². The van der Waals surface area contributed by atoms with E-state index < -0.39 is 0 Å². The smallest absolute Gasteiger partial charge is 0.159 e. The highest BCUT2D eigenvalue weighted by Gasteiger charge is 2.15. The molecule has 1 aromatic rings. The van der Waals surface area contributed by atoms with Gasteiger partial charge in [-0.05, 0) is 0 Å². The molecule has 0 fully saturated rings. The molecule has 2 rings (SSSR count). The van der Waals surface area contributed by atoms with Crippen molar-refractivity contribution in [3.05, 3.63) is 11.6 Å². The number of ether oxygens (including phenoxy) is 1. The lowest BCUT2D eigenvalue weighted by atomic mass is 10.4. The normalized spacial score (nSPS) is 15.8. The van der Waals surface area contributed by atoms with Crippen LogP contribution in [0.2, 0.25) is 0 Å². The van der Waals surface area contributed by atoms with Crippen LogP contribution in [0.4, 0.5) is 0 Å². The Bertz CT molecular complexity index is 286. The number of hydrogen-bond donors (Lipinski definition) is 1.